The van der Waals surface area contributed by atoms with Crippen molar-refractivity contribution in [2.45, 2.75) is 38.5 Å². The summed E-state index contributed by atoms with van der Waals surface area (Å²) in [5, 5.41) is 0. The molecule has 0 radical (unpaired) electrons. The number of hydrogen-bond acceptors (Lipinski definition) is 3. The first-order chi connectivity index (χ1) is 6.84. The van der Waals surface area contributed by atoms with Crippen LogP contribution in [0.1, 0.15) is 38.5 Å². The fourth-order valence-electron chi connectivity index (χ4n) is 2.63. The first-order valence-corrected chi connectivity index (χ1v) is 5.77. The Balaban J connectivity index is 0.000000112. The van der Waals surface area contributed by atoms with Crippen molar-refractivity contribution in [2.75, 3.05) is 13.2 Å². The zero-order chi connectivity index (χ0) is 9.80. The Labute approximate surface area is 85.7 Å². The van der Waals surface area contributed by atoms with E-state index in [2.05, 4.69) is 9.73 Å². The number of fused-ring (bicyclic) bond motifs is 3. The third kappa shape index (κ3) is 2.63. The lowest BCUT2D eigenvalue weighted by Gasteiger charge is -2.35. The minimum Gasteiger partial charge on any atom is -0.463 e. The van der Waals surface area contributed by atoms with Gasteiger partial charge in [-0.15, -0.1) is 0 Å². The normalized spacial score (nSPS) is 34.1. The molecular formula is C11H20N2O. The molecule has 0 spiro atoms. The van der Waals surface area contributed by atoms with Crippen molar-refractivity contribution in [3.05, 3.63) is 0 Å². The number of rotatable bonds is 0. The van der Waals surface area contributed by atoms with Crippen molar-refractivity contribution < 1.29 is 4.74 Å². The van der Waals surface area contributed by atoms with Gasteiger partial charge >= 0.3 is 0 Å². The zero-order valence-electron chi connectivity index (χ0n) is 8.74. The van der Waals surface area contributed by atoms with Gasteiger partial charge in [0.15, 0.2) is 0 Å². The summed E-state index contributed by atoms with van der Waals surface area (Å²) in [7, 11) is 0. The van der Waals surface area contributed by atoms with Crippen molar-refractivity contribution in [1.82, 2.24) is 0 Å². The minimum absolute atomic E-state index is 0.329. The van der Waals surface area contributed by atoms with Crippen LogP contribution in [0, 0.1) is 11.8 Å². The third-order valence-electron chi connectivity index (χ3n) is 3.56. The van der Waals surface area contributed by atoms with Crippen LogP contribution in [0.25, 0.3) is 0 Å². The van der Waals surface area contributed by atoms with Gasteiger partial charge in [0.2, 0.25) is 0 Å². The lowest BCUT2D eigenvalue weighted by molar-refractivity contribution is 0.176. The van der Waals surface area contributed by atoms with Crippen LogP contribution in [-0.2, 0) is 4.74 Å². The van der Waals surface area contributed by atoms with Crippen molar-refractivity contribution in [1.29, 1.82) is 0 Å². The molecule has 0 aromatic rings. The molecule has 4 aliphatic rings. The molecule has 80 valence electrons. The van der Waals surface area contributed by atoms with Crippen molar-refractivity contribution >= 4 is 6.02 Å². The molecule has 0 unspecified atom stereocenters. The summed E-state index contributed by atoms with van der Waals surface area (Å²) in [6, 6.07) is 0.329. The maximum atomic E-state index is 5.06. The van der Waals surface area contributed by atoms with Gasteiger partial charge in [-0.1, -0.05) is 38.5 Å². The van der Waals surface area contributed by atoms with Gasteiger partial charge in [0, 0.05) is 0 Å². The number of nitrogens with two attached hydrogens (primary N) is 1. The molecule has 0 aromatic carbocycles. The molecule has 1 heterocycles. The molecule has 3 heteroatoms. The number of ether oxygens (including phenoxy) is 1. The highest BCUT2D eigenvalue weighted by Crippen LogP contribution is 2.40. The highest BCUT2D eigenvalue weighted by Gasteiger charge is 2.26. The molecule has 2 bridgehead atoms. The molecule has 0 amide bonds. The Morgan fingerprint density at radius 2 is 1.50 bits per heavy atom. The van der Waals surface area contributed by atoms with Gasteiger partial charge in [-0.3, -0.25) is 0 Å². The largest absolute Gasteiger partial charge is 0.463 e. The lowest BCUT2D eigenvalue weighted by atomic mass is 9.71. The topological polar surface area (TPSA) is 47.6 Å². The molecule has 14 heavy (non-hydrogen) atoms. The van der Waals surface area contributed by atoms with Crippen molar-refractivity contribution in [3.8, 4) is 0 Å². The van der Waals surface area contributed by atoms with Gasteiger partial charge in [-0.05, 0) is 11.8 Å². The summed E-state index contributed by atoms with van der Waals surface area (Å²) < 4.78 is 4.68. The van der Waals surface area contributed by atoms with E-state index in [0.29, 0.717) is 12.6 Å². The molecule has 0 saturated heterocycles. The van der Waals surface area contributed by atoms with Gasteiger partial charge in [0.1, 0.15) is 6.61 Å². The fourth-order valence-corrected chi connectivity index (χ4v) is 2.63. The van der Waals surface area contributed by atoms with E-state index in [1.807, 2.05) is 0 Å². The summed E-state index contributed by atoms with van der Waals surface area (Å²) in [6.45, 7) is 1.39. The van der Waals surface area contributed by atoms with E-state index in [4.69, 9.17) is 5.73 Å². The highest BCUT2D eigenvalue weighted by atomic mass is 16.5. The SMILES string of the molecule is C1CC2CCC1CC2.NC1=NCCO1. The highest BCUT2D eigenvalue weighted by molar-refractivity contribution is 5.72. The smallest absolute Gasteiger partial charge is 0.282 e. The third-order valence-corrected chi connectivity index (χ3v) is 3.56. The second kappa shape index (κ2) is 4.67. The Hall–Kier alpha value is -0.730. The van der Waals surface area contributed by atoms with Crippen LogP contribution in [-0.4, -0.2) is 19.2 Å². The maximum Gasteiger partial charge on any atom is 0.282 e. The van der Waals surface area contributed by atoms with E-state index in [1.165, 1.54) is 0 Å². The number of amidine groups is 1. The molecule has 4 rings (SSSR count). The van der Waals surface area contributed by atoms with E-state index < -0.39 is 0 Å². The van der Waals surface area contributed by atoms with E-state index in [9.17, 15) is 0 Å². The first kappa shape index (κ1) is 9.81. The number of nitrogens with zero attached hydrogens (tertiary/aromatic N) is 1. The molecule has 3 saturated carbocycles. The Kier molecular flexibility index (Phi) is 3.27. The van der Waals surface area contributed by atoms with E-state index in [1.54, 1.807) is 38.5 Å². The molecule has 0 atom stereocenters. The molecule has 2 N–H and O–H groups in total. The van der Waals surface area contributed by atoms with Crippen molar-refractivity contribution in [2.24, 2.45) is 22.6 Å². The van der Waals surface area contributed by atoms with E-state index in [-0.39, 0.29) is 0 Å². The van der Waals surface area contributed by atoms with Crippen LogP contribution in [0.4, 0.5) is 0 Å². The van der Waals surface area contributed by atoms with Gasteiger partial charge in [-0.2, -0.15) is 0 Å². The average Bonchev–Trinajstić information content (AvgIpc) is 2.73. The summed E-state index contributed by atoms with van der Waals surface area (Å²) in [5.41, 5.74) is 5.06. The molecule has 1 aliphatic heterocycles. The van der Waals surface area contributed by atoms with Gasteiger partial charge in [-0.25, -0.2) is 4.99 Å². The van der Waals surface area contributed by atoms with Crippen LogP contribution in [0.3, 0.4) is 0 Å². The quantitative estimate of drug-likeness (QED) is 0.643. The van der Waals surface area contributed by atoms with Gasteiger partial charge in [0.05, 0.1) is 6.54 Å². The second-order valence-corrected chi connectivity index (χ2v) is 4.53. The first-order valence-electron chi connectivity index (χ1n) is 5.77. The monoisotopic (exact) mass is 196 g/mol. The molecule has 3 fully saturated rings. The van der Waals surface area contributed by atoms with Crippen molar-refractivity contribution in [3.63, 3.8) is 0 Å². The van der Waals surface area contributed by atoms with Gasteiger partial charge < -0.3 is 10.5 Å². The van der Waals surface area contributed by atoms with Gasteiger partial charge in [0.25, 0.3) is 6.02 Å². The minimum atomic E-state index is 0.329. The summed E-state index contributed by atoms with van der Waals surface area (Å²) in [6.07, 6.45) is 9.36. The van der Waals surface area contributed by atoms with Crippen LogP contribution in [0.15, 0.2) is 4.99 Å². The number of aliphatic imine (C=N–C) groups is 1. The van der Waals surface area contributed by atoms with Crippen LogP contribution < -0.4 is 5.73 Å². The summed E-state index contributed by atoms with van der Waals surface area (Å²) in [5.74, 6) is 2.31. The van der Waals surface area contributed by atoms with E-state index >= 15 is 0 Å². The summed E-state index contributed by atoms with van der Waals surface area (Å²) >= 11 is 0. The van der Waals surface area contributed by atoms with Crippen LogP contribution in [0.2, 0.25) is 0 Å². The number of hydrogen-bond donors (Lipinski definition) is 1. The molecular weight excluding hydrogens is 176 g/mol. The molecule has 0 aromatic heterocycles. The Bertz CT molecular complexity index is 184. The second-order valence-electron chi connectivity index (χ2n) is 4.53. The maximum absolute atomic E-state index is 5.06. The predicted octanol–water partition coefficient (Wildman–Crippen LogP) is 1.92. The van der Waals surface area contributed by atoms with E-state index in [0.717, 1.165) is 18.4 Å². The fraction of sp³-hybridized carbons (Fsp3) is 0.909. The zero-order valence-corrected chi connectivity index (χ0v) is 8.74. The molecule has 3 nitrogen and oxygen atoms in total. The lowest BCUT2D eigenvalue weighted by Crippen LogP contribution is -2.21. The molecule has 3 aliphatic carbocycles. The standard InChI is InChI=1S/C8H14.C3H6N2O/c1-2-8-5-3-7(1)4-6-8;4-3-5-1-2-6-3/h7-8H,1-6H2;1-2H2,(H2,4,5). The summed E-state index contributed by atoms with van der Waals surface area (Å²) in [4.78, 5) is 3.71. The Morgan fingerprint density at radius 1 is 1.00 bits per heavy atom. The average molecular weight is 196 g/mol. The van der Waals surface area contributed by atoms with Crippen LogP contribution in [0.5, 0.6) is 0 Å². The Morgan fingerprint density at radius 3 is 1.64 bits per heavy atom. The predicted molar refractivity (Wildman–Crippen MR) is 57.1 cm³/mol. The van der Waals surface area contributed by atoms with Crippen LogP contribution >= 0.6 is 0 Å².